The zero-order valence-electron chi connectivity index (χ0n) is 14.7. The van der Waals surface area contributed by atoms with E-state index in [1.807, 2.05) is 54.8 Å². The maximum Gasteiger partial charge on any atom is 0.573 e. The zero-order chi connectivity index (χ0) is 19.6. The summed E-state index contributed by atoms with van der Waals surface area (Å²) in [6.45, 7) is 4.43. The summed E-state index contributed by atoms with van der Waals surface area (Å²) in [4.78, 5) is 2.00. The van der Waals surface area contributed by atoms with Crippen molar-refractivity contribution in [3.63, 3.8) is 0 Å². The van der Waals surface area contributed by atoms with E-state index in [1.54, 1.807) is 17.8 Å². The molecule has 0 atom stereocenters. The van der Waals surface area contributed by atoms with E-state index in [1.165, 1.54) is 12.1 Å². The van der Waals surface area contributed by atoms with E-state index >= 15 is 0 Å². The number of alkyl halides is 3. The first-order chi connectivity index (χ1) is 12.8. The highest BCUT2D eigenvalue weighted by Crippen LogP contribution is 2.40. The number of benzene rings is 2. The fraction of sp³-hybridized carbons (Fsp3) is 0.200. The van der Waals surface area contributed by atoms with Gasteiger partial charge in [0, 0.05) is 38.5 Å². The lowest BCUT2D eigenvalue weighted by atomic mass is 10.2. The van der Waals surface area contributed by atoms with Crippen molar-refractivity contribution in [3.05, 3.63) is 65.3 Å². The molecule has 0 saturated carbocycles. The van der Waals surface area contributed by atoms with E-state index in [9.17, 15) is 13.2 Å². The minimum absolute atomic E-state index is 0.225. The number of nitrogens with zero attached hydrogens (tertiary/aromatic N) is 1. The topological polar surface area (TPSA) is 14.2 Å². The van der Waals surface area contributed by atoms with Crippen LogP contribution in [0.1, 0.15) is 12.6 Å². The number of allylic oxidation sites excluding steroid dienone is 2. The highest BCUT2D eigenvalue weighted by molar-refractivity contribution is 7.99. The number of halogens is 4. The van der Waals surface area contributed by atoms with Gasteiger partial charge in [-0.05, 0) is 50.2 Å². The molecular weight excluding hydrogens is 395 g/mol. The first-order valence-electron chi connectivity index (χ1n) is 8.21. The van der Waals surface area contributed by atoms with Crippen molar-refractivity contribution in [2.24, 2.45) is 0 Å². The molecule has 0 aliphatic heterocycles. The van der Waals surface area contributed by atoms with Crippen LogP contribution in [0.3, 0.4) is 0 Å². The lowest BCUT2D eigenvalue weighted by Gasteiger charge is -2.10. The first kappa shape index (κ1) is 19.7. The number of hydrogen-bond donors (Lipinski definition) is 0. The Balaban J connectivity index is 2.09. The third-order valence-electron chi connectivity index (χ3n) is 4.03. The molecule has 0 fully saturated rings. The third kappa shape index (κ3) is 4.62. The highest BCUT2D eigenvalue weighted by atomic mass is 35.5. The van der Waals surface area contributed by atoms with Gasteiger partial charge in [0.05, 0.1) is 5.52 Å². The lowest BCUT2D eigenvalue weighted by molar-refractivity contribution is -0.274. The van der Waals surface area contributed by atoms with Crippen LogP contribution in [0.15, 0.2) is 64.4 Å². The van der Waals surface area contributed by atoms with Gasteiger partial charge in [-0.25, -0.2) is 0 Å². The van der Waals surface area contributed by atoms with Crippen LogP contribution >= 0.6 is 23.4 Å². The maximum atomic E-state index is 12.6. The van der Waals surface area contributed by atoms with E-state index in [0.717, 1.165) is 20.9 Å². The van der Waals surface area contributed by atoms with Crippen LogP contribution in [-0.4, -0.2) is 10.9 Å². The molecule has 2 aromatic carbocycles. The highest BCUT2D eigenvalue weighted by Gasteiger charge is 2.31. The van der Waals surface area contributed by atoms with Crippen LogP contribution in [0.2, 0.25) is 5.02 Å². The van der Waals surface area contributed by atoms with Crippen molar-refractivity contribution < 1.29 is 17.9 Å². The predicted octanol–water partition coefficient (Wildman–Crippen LogP) is 7.23. The summed E-state index contributed by atoms with van der Waals surface area (Å²) in [7, 11) is 0. The molecule has 0 unspecified atom stereocenters. The van der Waals surface area contributed by atoms with Gasteiger partial charge in [-0.3, -0.25) is 0 Å². The second kappa shape index (κ2) is 7.90. The van der Waals surface area contributed by atoms with Crippen LogP contribution in [0.4, 0.5) is 13.2 Å². The number of rotatable bonds is 5. The van der Waals surface area contributed by atoms with Gasteiger partial charge < -0.3 is 9.30 Å². The monoisotopic (exact) mass is 411 g/mol. The molecule has 0 amide bonds. The zero-order valence-corrected chi connectivity index (χ0v) is 16.3. The Morgan fingerprint density at radius 2 is 1.85 bits per heavy atom. The fourth-order valence-electron chi connectivity index (χ4n) is 2.82. The molecule has 3 rings (SSSR count). The fourth-order valence-corrected chi connectivity index (χ4v) is 3.99. The minimum atomic E-state index is -4.72. The molecule has 0 saturated heterocycles. The summed E-state index contributed by atoms with van der Waals surface area (Å²) in [5.41, 5.74) is 1.68. The Morgan fingerprint density at radius 3 is 2.48 bits per heavy atom. The summed E-state index contributed by atoms with van der Waals surface area (Å²) in [5.74, 6) is -0.225. The van der Waals surface area contributed by atoms with Crippen LogP contribution in [-0.2, 0) is 6.54 Å². The SMILES string of the molecule is C/C=C/Cn1c(C)c(Sc2ccc(Cl)cc2)c2ccc(OC(F)(F)F)cc21. The molecule has 142 valence electrons. The van der Waals surface area contributed by atoms with E-state index in [4.69, 9.17) is 11.6 Å². The molecule has 1 heterocycles. The molecule has 1 aromatic heterocycles. The Labute approximate surface area is 164 Å². The number of hydrogen-bond acceptors (Lipinski definition) is 2. The van der Waals surface area contributed by atoms with E-state index in [2.05, 4.69) is 4.74 Å². The lowest BCUT2D eigenvalue weighted by Crippen LogP contribution is -2.17. The molecule has 0 aliphatic carbocycles. The maximum absolute atomic E-state index is 12.6. The average Bonchev–Trinajstić information content (AvgIpc) is 2.85. The summed E-state index contributed by atoms with van der Waals surface area (Å²) < 4.78 is 43.9. The van der Waals surface area contributed by atoms with Gasteiger partial charge in [-0.2, -0.15) is 0 Å². The van der Waals surface area contributed by atoms with Gasteiger partial charge >= 0.3 is 6.36 Å². The van der Waals surface area contributed by atoms with E-state index in [0.29, 0.717) is 17.1 Å². The van der Waals surface area contributed by atoms with Gasteiger partial charge in [0.2, 0.25) is 0 Å². The van der Waals surface area contributed by atoms with Crippen molar-refractivity contribution in [2.45, 2.75) is 36.5 Å². The molecule has 3 aromatic rings. The van der Waals surface area contributed by atoms with Crippen molar-refractivity contribution in [1.82, 2.24) is 4.57 Å². The van der Waals surface area contributed by atoms with Gasteiger partial charge in [-0.15, -0.1) is 13.2 Å². The molecule has 0 bridgehead atoms. The summed E-state index contributed by atoms with van der Waals surface area (Å²) in [5, 5.41) is 1.53. The standard InChI is InChI=1S/C20H17ClF3NOS/c1-3-4-11-25-13(2)19(27-16-8-5-14(21)6-9-16)17-10-7-15(12-18(17)25)26-20(22,23)24/h3-10,12H,11H2,1-2H3/b4-3+. The molecular formula is C20H17ClF3NOS. The number of ether oxygens (including phenoxy) is 1. The van der Waals surface area contributed by atoms with Crippen molar-refractivity contribution >= 4 is 34.3 Å². The number of aromatic nitrogens is 1. The Kier molecular flexibility index (Phi) is 5.77. The summed E-state index contributed by atoms with van der Waals surface area (Å²) in [6.07, 6.45) is -0.849. The minimum Gasteiger partial charge on any atom is -0.406 e. The molecule has 2 nitrogen and oxygen atoms in total. The van der Waals surface area contributed by atoms with Gasteiger partial charge in [-0.1, -0.05) is 35.5 Å². The second-order valence-corrected chi connectivity index (χ2v) is 7.40. The predicted molar refractivity (Wildman–Crippen MR) is 104 cm³/mol. The largest absolute Gasteiger partial charge is 0.573 e. The Hall–Kier alpha value is -2.05. The normalized spacial score (nSPS) is 12.2. The average molecular weight is 412 g/mol. The third-order valence-corrected chi connectivity index (χ3v) is 5.51. The van der Waals surface area contributed by atoms with Crippen molar-refractivity contribution in [3.8, 4) is 5.75 Å². The molecule has 0 radical (unpaired) electrons. The van der Waals surface area contributed by atoms with Crippen LogP contribution < -0.4 is 4.74 Å². The van der Waals surface area contributed by atoms with Gasteiger partial charge in [0.1, 0.15) is 5.75 Å². The second-order valence-electron chi connectivity index (χ2n) is 5.88. The van der Waals surface area contributed by atoms with Gasteiger partial charge in [0.15, 0.2) is 0 Å². The van der Waals surface area contributed by atoms with Crippen LogP contribution in [0, 0.1) is 6.92 Å². The first-order valence-corrected chi connectivity index (χ1v) is 9.41. The quantitative estimate of drug-likeness (QED) is 0.411. The van der Waals surface area contributed by atoms with E-state index in [-0.39, 0.29) is 5.75 Å². The Bertz CT molecular complexity index is 978. The summed E-state index contributed by atoms with van der Waals surface area (Å²) >= 11 is 7.50. The van der Waals surface area contributed by atoms with Gasteiger partial charge in [0.25, 0.3) is 0 Å². The Morgan fingerprint density at radius 1 is 1.15 bits per heavy atom. The van der Waals surface area contributed by atoms with Crippen molar-refractivity contribution in [2.75, 3.05) is 0 Å². The van der Waals surface area contributed by atoms with Crippen molar-refractivity contribution in [1.29, 1.82) is 0 Å². The summed E-state index contributed by atoms with van der Waals surface area (Å²) in [6, 6.07) is 11.9. The number of fused-ring (bicyclic) bond motifs is 1. The van der Waals surface area contributed by atoms with Crippen LogP contribution in [0.25, 0.3) is 10.9 Å². The molecule has 0 N–H and O–H groups in total. The van der Waals surface area contributed by atoms with E-state index < -0.39 is 6.36 Å². The molecule has 0 spiro atoms. The smallest absolute Gasteiger partial charge is 0.406 e. The molecule has 7 heteroatoms. The molecule has 0 aliphatic rings. The van der Waals surface area contributed by atoms with Crippen LogP contribution in [0.5, 0.6) is 5.75 Å². The molecule has 27 heavy (non-hydrogen) atoms.